The molecule has 2 aromatic carbocycles. The molecule has 2 rings (SSSR count). The second-order valence-electron chi connectivity index (χ2n) is 5.49. The van der Waals surface area contributed by atoms with Crippen LogP contribution >= 0.6 is 11.6 Å². The van der Waals surface area contributed by atoms with Gasteiger partial charge in [-0.05, 0) is 44.2 Å². The summed E-state index contributed by atoms with van der Waals surface area (Å²) in [6, 6.07) is 13.8. The molecule has 0 radical (unpaired) electrons. The number of ether oxygens (including phenoxy) is 1. The molecule has 2 N–H and O–H groups in total. The number of rotatable bonds is 6. The molecule has 0 aliphatic carbocycles. The highest BCUT2D eigenvalue weighted by atomic mass is 35.5. The number of nitrogens with two attached hydrogens (primary N) is 1. The average Bonchev–Trinajstić information content (AvgIpc) is 2.54. The van der Waals surface area contributed by atoms with Crippen molar-refractivity contribution in [1.29, 1.82) is 0 Å². The van der Waals surface area contributed by atoms with Crippen molar-refractivity contribution in [3.8, 4) is 5.75 Å². The van der Waals surface area contributed by atoms with Crippen LogP contribution in [-0.2, 0) is 4.79 Å². The van der Waals surface area contributed by atoms with Crippen molar-refractivity contribution in [3.63, 3.8) is 0 Å². The van der Waals surface area contributed by atoms with Crippen LogP contribution < -0.4 is 15.4 Å². The van der Waals surface area contributed by atoms with Crippen LogP contribution in [0, 0.1) is 0 Å². The van der Waals surface area contributed by atoms with E-state index in [1.54, 1.807) is 11.0 Å². The first-order chi connectivity index (χ1) is 11.4. The Kier molecular flexibility index (Phi) is 5.82. The predicted molar refractivity (Wildman–Crippen MR) is 94.5 cm³/mol. The van der Waals surface area contributed by atoms with Gasteiger partial charge in [-0.2, -0.15) is 0 Å². The summed E-state index contributed by atoms with van der Waals surface area (Å²) >= 11 is 5.86. The van der Waals surface area contributed by atoms with E-state index in [0.29, 0.717) is 5.02 Å². The third-order valence-corrected chi connectivity index (χ3v) is 3.61. The van der Waals surface area contributed by atoms with E-state index in [4.69, 9.17) is 22.1 Å². The molecular weight excluding hydrogens is 328 g/mol. The number of benzene rings is 2. The van der Waals surface area contributed by atoms with Crippen molar-refractivity contribution in [2.75, 3.05) is 11.5 Å². The molecule has 0 bridgehead atoms. The van der Waals surface area contributed by atoms with E-state index in [0.717, 1.165) is 5.69 Å². The van der Waals surface area contributed by atoms with E-state index in [-0.39, 0.29) is 29.9 Å². The van der Waals surface area contributed by atoms with Crippen molar-refractivity contribution < 1.29 is 14.3 Å². The Bertz CT molecular complexity index is 732. The van der Waals surface area contributed by atoms with Gasteiger partial charge in [-0.1, -0.05) is 29.8 Å². The number of carbonyl (C=O) groups excluding carboxylic acids is 2. The lowest BCUT2D eigenvalue weighted by atomic mass is 10.2. The smallest absolute Gasteiger partial charge is 0.265 e. The van der Waals surface area contributed by atoms with E-state index in [2.05, 4.69) is 0 Å². The van der Waals surface area contributed by atoms with Crippen LogP contribution in [0.2, 0.25) is 5.02 Å². The van der Waals surface area contributed by atoms with Crippen molar-refractivity contribution >= 4 is 29.1 Å². The van der Waals surface area contributed by atoms with Gasteiger partial charge < -0.3 is 15.4 Å². The molecule has 0 fully saturated rings. The Hall–Kier alpha value is -2.53. The number of nitrogens with zero attached hydrogens (tertiary/aromatic N) is 1. The third kappa shape index (κ3) is 4.26. The first-order valence-corrected chi connectivity index (χ1v) is 7.87. The van der Waals surface area contributed by atoms with Crippen molar-refractivity contribution in [1.82, 2.24) is 0 Å². The van der Waals surface area contributed by atoms with Gasteiger partial charge in [0.2, 0.25) is 0 Å². The summed E-state index contributed by atoms with van der Waals surface area (Å²) in [5, 5.41) is 0.371. The zero-order valence-electron chi connectivity index (χ0n) is 13.5. The second kappa shape index (κ2) is 7.84. The number of hydrogen-bond donors (Lipinski definition) is 1. The molecule has 5 nitrogen and oxygen atoms in total. The molecule has 24 heavy (non-hydrogen) atoms. The minimum Gasteiger partial charge on any atom is -0.483 e. The quantitative estimate of drug-likeness (QED) is 0.872. The highest BCUT2D eigenvalue weighted by Gasteiger charge is 2.20. The normalized spacial score (nSPS) is 10.5. The van der Waals surface area contributed by atoms with Gasteiger partial charge in [-0.25, -0.2) is 0 Å². The van der Waals surface area contributed by atoms with Crippen LogP contribution in [0.15, 0.2) is 48.5 Å². The van der Waals surface area contributed by atoms with E-state index < -0.39 is 5.91 Å². The van der Waals surface area contributed by atoms with Crippen molar-refractivity contribution in [3.05, 3.63) is 59.1 Å². The molecule has 6 heteroatoms. The zero-order chi connectivity index (χ0) is 17.7. The van der Waals surface area contributed by atoms with Gasteiger partial charge in [0.1, 0.15) is 5.75 Å². The van der Waals surface area contributed by atoms with Crippen LogP contribution in [0.5, 0.6) is 5.75 Å². The Balaban J connectivity index is 2.16. The summed E-state index contributed by atoms with van der Waals surface area (Å²) in [5.41, 5.74) is 6.25. The highest BCUT2D eigenvalue weighted by molar-refractivity contribution is 6.31. The Labute approximate surface area is 146 Å². The number of carbonyl (C=O) groups is 2. The number of amides is 2. The fourth-order valence-corrected chi connectivity index (χ4v) is 2.52. The first kappa shape index (κ1) is 17.8. The van der Waals surface area contributed by atoms with Crippen LogP contribution in [-0.4, -0.2) is 24.5 Å². The zero-order valence-corrected chi connectivity index (χ0v) is 14.3. The largest absolute Gasteiger partial charge is 0.483 e. The lowest BCUT2D eigenvalue weighted by molar-refractivity contribution is -0.120. The number of anilines is 1. The topological polar surface area (TPSA) is 72.6 Å². The van der Waals surface area contributed by atoms with Gasteiger partial charge in [-0.15, -0.1) is 0 Å². The van der Waals surface area contributed by atoms with Crippen LogP contribution in [0.3, 0.4) is 0 Å². The summed E-state index contributed by atoms with van der Waals surface area (Å²) in [6.07, 6.45) is 0. The molecular formula is C18H19ClN2O3. The molecule has 0 aliphatic heterocycles. The first-order valence-electron chi connectivity index (χ1n) is 7.49. The lowest BCUT2D eigenvalue weighted by Gasteiger charge is -2.27. The van der Waals surface area contributed by atoms with Crippen molar-refractivity contribution in [2.45, 2.75) is 19.9 Å². The van der Waals surface area contributed by atoms with E-state index in [1.807, 2.05) is 44.2 Å². The van der Waals surface area contributed by atoms with Crippen molar-refractivity contribution in [2.24, 2.45) is 5.73 Å². The highest BCUT2D eigenvalue weighted by Crippen LogP contribution is 2.23. The summed E-state index contributed by atoms with van der Waals surface area (Å²) in [7, 11) is 0. The predicted octanol–water partition coefficient (Wildman–Crippen LogP) is 3.26. The molecule has 0 saturated carbocycles. The van der Waals surface area contributed by atoms with Crippen LogP contribution in [0.25, 0.3) is 0 Å². The van der Waals surface area contributed by atoms with E-state index >= 15 is 0 Å². The molecule has 2 aromatic rings. The Morgan fingerprint density at radius 1 is 1.17 bits per heavy atom. The molecule has 0 spiro atoms. The summed E-state index contributed by atoms with van der Waals surface area (Å²) in [4.78, 5) is 25.7. The number of hydrogen-bond acceptors (Lipinski definition) is 3. The summed E-state index contributed by atoms with van der Waals surface area (Å²) < 4.78 is 5.52. The van der Waals surface area contributed by atoms with Gasteiger partial charge >= 0.3 is 0 Å². The summed E-state index contributed by atoms with van der Waals surface area (Å²) in [6.45, 7) is 3.62. The molecule has 0 heterocycles. The van der Waals surface area contributed by atoms with Gasteiger partial charge in [0.05, 0.1) is 5.56 Å². The molecule has 2 amide bonds. The van der Waals surface area contributed by atoms with Crippen LogP contribution in [0.4, 0.5) is 5.69 Å². The number of halogens is 1. The molecule has 0 aliphatic rings. The van der Waals surface area contributed by atoms with Crippen LogP contribution in [0.1, 0.15) is 24.2 Å². The fourth-order valence-electron chi connectivity index (χ4n) is 2.35. The maximum Gasteiger partial charge on any atom is 0.265 e. The minimum atomic E-state index is -0.663. The molecule has 126 valence electrons. The maximum absolute atomic E-state index is 12.6. The lowest BCUT2D eigenvalue weighted by Crippen LogP contribution is -2.40. The number of primary amides is 1. The fraction of sp³-hybridized carbons (Fsp3) is 0.222. The Morgan fingerprint density at radius 2 is 1.83 bits per heavy atom. The molecule has 0 saturated heterocycles. The van der Waals surface area contributed by atoms with E-state index in [1.165, 1.54) is 12.1 Å². The SMILES string of the molecule is CC(C)N(C(=O)COc1ccc(Cl)cc1C(N)=O)c1ccccc1. The van der Waals surface area contributed by atoms with Gasteiger partial charge in [0.15, 0.2) is 6.61 Å². The monoisotopic (exact) mass is 346 g/mol. The van der Waals surface area contributed by atoms with Gasteiger partial charge in [-0.3, -0.25) is 9.59 Å². The van der Waals surface area contributed by atoms with Gasteiger partial charge in [0, 0.05) is 16.8 Å². The average molecular weight is 347 g/mol. The summed E-state index contributed by atoms with van der Waals surface area (Å²) in [5.74, 6) is -0.651. The minimum absolute atomic E-state index is 0.0377. The molecule has 0 unspecified atom stereocenters. The molecule has 0 atom stereocenters. The third-order valence-electron chi connectivity index (χ3n) is 3.38. The maximum atomic E-state index is 12.6. The standard InChI is InChI=1S/C18H19ClN2O3/c1-12(2)21(14-6-4-3-5-7-14)17(22)11-24-16-9-8-13(19)10-15(16)18(20)23/h3-10,12H,11H2,1-2H3,(H2,20,23). The second-order valence-corrected chi connectivity index (χ2v) is 5.92. The number of para-hydroxylation sites is 1. The Morgan fingerprint density at radius 3 is 2.42 bits per heavy atom. The van der Waals surface area contributed by atoms with E-state index in [9.17, 15) is 9.59 Å². The van der Waals surface area contributed by atoms with Gasteiger partial charge in [0.25, 0.3) is 11.8 Å². The molecule has 0 aromatic heterocycles.